The van der Waals surface area contributed by atoms with Gasteiger partial charge in [-0.3, -0.25) is 4.79 Å². The van der Waals surface area contributed by atoms with Crippen molar-refractivity contribution in [1.29, 1.82) is 0 Å². The summed E-state index contributed by atoms with van der Waals surface area (Å²) in [4.78, 5) is 10.4. The van der Waals surface area contributed by atoms with E-state index in [-0.39, 0.29) is 11.8 Å². The predicted octanol–water partition coefficient (Wildman–Crippen LogP) is 1.79. The van der Waals surface area contributed by atoms with Crippen LogP contribution < -0.4 is 0 Å². The van der Waals surface area contributed by atoms with Crippen LogP contribution in [0.2, 0.25) is 0 Å². The van der Waals surface area contributed by atoms with Gasteiger partial charge in [0.1, 0.15) is 0 Å². The molecule has 0 amide bonds. The van der Waals surface area contributed by atoms with Crippen LogP contribution in [0.3, 0.4) is 0 Å². The highest BCUT2D eigenvalue weighted by molar-refractivity contribution is 5.67. The number of carbonyl (C=O) groups is 1. The second kappa shape index (κ2) is 4.09. The minimum Gasteiger partial charge on any atom is -0.481 e. The van der Waals surface area contributed by atoms with E-state index in [1.54, 1.807) is 0 Å². The Kier molecular flexibility index (Phi) is 3.31. The molecule has 3 nitrogen and oxygen atoms in total. The van der Waals surface area contributed by atoms with Gasteiger partial charge in [0.2, 0.25) is 0 Å². The lowest BCUT2D eigenvalue weighted by Crippen LogP contribution is -2.35. The van der Waals surface area contributed by atoms with E-state index in [2.05, 4.69) is 0 Å². The van der Waals surface area contributed by atoms with Gasteiger partial charge in [-0.05, 0) is 18.3 Å². The Morgan fingerprint density at radius 1 is 1.38 bits per heavy atom. The lowest BCUT2D eigenvalue weighted by molar-refractivity contribution is -0.141. The topological polar surface area (TPSA) is 57.5 Å². The fraction of sp³-hybridized carbons (Fsp3) is 0.900. The molecule has 0 aliphatic heterocycles. The molecule has 1 atom stereocenters. The zero-order valence-corrected chi connectivity index (χ0v) is 8.12. The van der Waals surface area contributed by atoms with Crippen molar-refractivity contribution < 1.29 is 15.0 Å². The van der Waals surface area contributed by atoms with Crippen LogP contribution >= 0.6 is 0 Å². The molecular weight excluding hydrogens is 168 g/mol. The molecule has 0 heterocycles. The van der Waals surface area contributed by atoms with E-state index < -0.39 is 12.1 Å². The number of hydrogen-bond acceptors (Lipinski definition) is 2. The quantitative estimate of drug-likeness (QED) is 0.706. The number of hydrogen-bond donors (Lipinski definition) is 2. The lowest BCUT2D eigenvalue weighted by Gasteiger charge is -2.37. The van der Waals surface area contributed by atoms with Crippen molar-refractivity contribution in [3.63, 3.8) is 0 Å². The van der Waals surface area contributed by atoms with Crippen LogP contribution in [0.4, 0.5) is 0 Å². The molecule has 0 aromatic carbocycles. The maximum Gasteiger partial charge on any atom is 0.305 e. The first-order valence-corrected chi connectivity index (χ1v) is 4.94. The van der Waals surface area contributed by atoms with Gasteiger partial charge in [0.05, 0.1) is 12.5 Å². The van der Waals surface area contributed by atoms with Gasteiger partial charge in [-0.2, -0.15) is 0 Å². The Balaban J connectivity index is 2.51. The van der Waals surface area contributed by atoms with E-state index in [1.165, 1.54) is 6.42 Å². The lowest BCUT2D eigenvalue weighted by atomic mass is 9.71. The molecule has 0 bridgehead atoms. The van der Waals surface area contributed by atoms with Gasteiger partial charge >= 0.3 is 5.97 Å². The van der Waals surface area contributed by atoms with Crippen LogP contribution in [0.5, 0.6) is 0 Å². The number of rotatable bonds is 3. The van der Waals surface area contributed by atoms with Crippen molar-refractivity contribution in [2.24, 2.45) is 5.41 Å². The molecule has 0 spiro atoms. The van der Waals surface area contributed by atoms with Gasteiger partial charge in [0.15, 0.2) is 0 Å². The number of aliphatic hydroxyl groups excluding tert-OH is 1. The van der Waals surface area contributed by atoms with Gasteiger partial charge in [0, 0.05) is 0 Å². The van der Waals surface area contributed by atoms with Gasteiger partial charge in [-0.25, -0.2) is 0 Å². The van der Waals surface area contributed by atoms with Crippen molar-refractivity contribution in [1.82, 2.24) is 0 Å². The molecule has 1 rings (SSSR count). The number of carboxylic acid groups (broad SMARTS) is 1. The first-order chi connectivity index (χ1) is 6.04. The van der Waals surface area contributed by atoms with Gasteiger partial charge in [-0.1, -0.05) is 26.2 Å². The highest BCUT2D eigenvalue weighted by Crippen LogP contribution is 2.39. The molecule has 0 radical (unpaired) electrons. The molecule has 2 N–H and O–H groups in total. The molecule has 0 aromatic heterocycles. The predicted molar refractivity (Wildman–Crippen MR) is 49.5 cm³/mol. The third-order valence-electron chi connectivity index (χ3n) is 3.17. The van der Waals surface area contributed by atoms with Crippen LogP contribution in [-0.4, -0.2) is 22.3 Å². The number of aliphatic carboxylic acids is 1. The number of carboxylic acids is 1. The third kappa shape index (κ3) is 2.69. The molecular formula is C10H18O3. The van der Waals surface area contributed by atoms with E-state index in [0.29, 0.717) is 0 Å². The molecule has 1 aliphatic rings. The highest BCUT2D eigenvalue weighted by Gasteiger charge is 2.35. The summed E-state index contributed by atoms with van der Waals surface area (Å²) in [5.74, 6) is -0.903. The van der Waals surface area contributed by atoms with Gasteiger partial charge in [0.25, 0.3) is 0 Å². The summed E-state index contributed by atoms with van der Waals surface area (Å²) in [5, 5.41) is 18.3. The summed E-state index contributed by atoms with van der Waals surface area (Å²) < 4.78 is 0. The Hall–Kier alpha value is -0.570. The SMILES string of the molecule is CC1([C@@H](O)CC(=O)O)CCCCC1. The average molecular weight is 186 g/mol. The second-order valence-electron chi connectivity index (χ2n) is 4.33. The maximum absolute atomic E-state index is 10.4. The average Bonchev–Trinajstić information content (AvgIpc) is 2.04. The fourth-order valence-electron chi connectivity index (χ4n) is 2.10. The summed E-state index contributed by atoms with van der Waals surface area (Å²) in [6.45, 7) is 2.00. The molecule has 0 unspecified atom stereocenters. The van der Waals surface area contributed by atoms with Crippen LogP contribution in [0.15, 0.2) is 0 Å². The minimum atomic E-state index is -0.903. The fourth-order valence-corrected chi connectivity index (χ4v) is 2.10. The molecule has 3 heteroatoms. The minimum absolute atomic E-state index is 0.115. The molecule has 1 aliphatic carbocycles. The second-order valence-corrected chi connectivity index (χ2v) is 4.33. The van der Waals surface area contributed by atoms with E-state index in [0.717, 1.165) is 25.7 Å². The third-order valence-corrected chi connectivity index (χ3v) is 3.17. The Bertz CT molecular complexity index is 183. The van der Waals surface area contributed by atoms with Crippen LogP contribution in [0.25, 0.3) is 0 Å². The van der Waals surface area contributed by atoms with Crippen molar-refractivity contribution >= 4 is 5.97 Å². The van der Waals surface area contributed by atoms with Gasteiger partial charge in [-0.15, -0.1) is 0 Å². The molecule has 76 valence electrons. The normalized spacial score (nSPS) is 23.8. The van der Waals surface area contributed by atoms with Crippen LogP contribution in [0.1, 0.15) is 45.4 Å². The Morgan fingerprint density at radius 2 is 1.92 bits per heavy atom. The summed E-state index contributed by atoms with van der Waals surface area (Å²) in [7, 11) is 0. The van der Waals surface area contributed by atoms with E-state index in [4.69, 9.17) is 5.11 Å². The van der Waals surface area contributed by atoms with Crippen LogP contribution in [0, 0.1) is 5.41 Å². The van der Waals surface area contributed by atoms with E-state index in [9.17, 15) is 9.90 Å². The molecule has 0 aromatic rings. The zero-order chi connectivity index (χ0) is 9.90. The zero-order valence-electron chi connectivity index (χ0n) is 8.12. The summed E-state index contributed by atoms with van der Waals surface area (Å²) in [6.07, 6.45) is 4.58. The van der Waals surface area contributed by atoms with Crippen molar-refractivity contribution in [2.45, 2.75) is 51.6 Å². The molecule has 1 saturated carbocycles. The Labute approximate surface area is 78.8 Å². The van der Waals surface area contributed by atoms with Crippen LogP contribution in [-0.2, 0) is 4.79 Å². The Morgan fingerprint density at radius 3 is 2.38 bits per heavy atom. The first-order valence-electron chi connectivity index (χ1n) is 4.94. The standard InChI is InChI=1S/C10H18O3/c1-10(5-3-2-4-6-10)8(11)7-9(12)13/h8,11H,2-7H2,1H3,(H,12,13)/t8-/m0/s1. The maximum atomic E-state index is 10.4. The molecule has 0 saturated heterocycles. The highest BCUT2D eigenvalue weighted by atomic mass is 16.4. The smallest absolute Gasteiger partial charge is 0.305 e. The molecule has 1 fully saturated rings. The van der Waals surface area contributed by atoms with Gasteiger partial charge < -0.3 is 10.2 Å². The van der Waals surface area contributed by atoms with Crippen molar-refractivity contribution in [3.8, 4) is 0 Å². The van der Waals surface area contributed by atoms with Crippen molar-refractivity contribution in [2.75, 3.05) is 0 Å². The van der Waals surface area contributed by atoms with E-state index >= 15 is 0 Å². The summed E-state index contributed by atoms with van der Waals surface area (Å²) in [6, 6.07) is 0. The molecule has 13 heavy (non-hydrogen) atoms. The summed E-state index contributed by atoms with van der Waals surface area (Å²) >= 11 is 0. The number of aliphatic hydroxyl groups is 1. The largest absolute Gasteiger partial charge is 0.481 e. The first kappa shape index (κ1) is 10.5. The van der Waals surface area contributed by atoms with E-state index in [1.807, 2.05) is 6.92 Å². The van der Waals surface area contributed by atoms with Crippen molar-refractivity contribution in [3.05, 3.63) is 0 Å². The summed E-state index contributed by atoms with van der Waals surface area (Å²) in [5.41, 5.74) is -0.156. The monoisotopic (exact) mass is 186 g/mol.